The monoisotopic (exact) mass is 584 g/mol. The number of ether oxygens (including phenoxy) is 2. The van der Waals surface area contributed by atoms with E-state index in [4.69, 9.17) is 32.7 Å². The van der Waals surface area contributed by atoms with E-state index in [0.717, 1.165) is 22.2 Å². The summed E-state index contributed by atoms with van der Waals surface area (Å²) in [5.41, 5.74) is 2.97. The number of para-hydroxylation sites is 1. The molecular weight excluding hydrogens is 559 g/mol. The zero-order valence-corrected chi connectivity index (χ0v) is 23.8. The Kier molecular flexibility index (Phi) is 9.22. The van der Waals surface area contributed by atoms with Crippen molar-refractivity contribution in [2.75, 3.05) is 19.0 Å². The quantitative estimate of drug-likeness (QED) is 0.264. The van der Waals surface area contributed by atoms with Gasteiger partial charge in [-0.05, 0) is 59.7 Å². The maximum Gasteiger partial charge on any atom is 0.294 e. The molecule has 4 rings (SSSR count). The van der Waals surface area contributed by atoms with E-state index >= 15 is 0 Å². The summed E-state index contributed by atoms with van der Waals surface area (Å²) >= 11 is 13.0. The lowest BCUT2D eigenvalue weighted by atomic mass is 10.0. The molecule has 1 saturated heterocycles. The fourth-order valence-corrected chi connectivity index (χ4v) is 5.12. The number of rotatable bonds is 9. The third-order valence-electron chi connectivity index (χ3n) is 5.94. The van der Waals surface area contributed by atoms with E-state index in [2.05, 4.69) is 19.2 Å². The molecule has 3 aromatic rings. The second-order valence-corrected chi connectivity index (χ2v) is 10.8. The Morgan fingerprint density at radius 3 is 2.49 bits per heavy atom. The van der Waals surface area contributed by atoms with Gasteiger partial charge in [0.1, 0.15) is 13.2 Å². The number of methoxy groups -OCH3 is 1. The third-order valence-corrected chi connectivity index (χ3v) is 7.43. The first kappa shape index (κ1) is 28.5. The van der Waals surface area contributed by atoms with Crippen LogP contribution in [0, 0.1) is 0 Å². The van der Waals surface area contributed by atoms with Crippen molar-refractivity contribution >= 4 is 63.8 Å². The van der Waals surface area contributed by atoms with E-state index in [-0.39, 0.29) is 11.5 Å². The zero-order chi connectivity index (χ0) is 28.1. The smallest absolute Gasteiger partial charge is 0.294 e. The highest BCUT2D eigenvalue weighted by Gasteiger charge is 2.36. The summed E-state index contributed by atoms with van der Waals surface area (Å²) in [6.07, 6.45) is 1.55. The van der Waals surface area contributed by atoms with Gasteiger partial charge in [0, 0.05) is 26.9 Å². The summed E-state index contributed by atoms with van der Waals surface area (Å²) in [4.78, 5) is 39.4. The van der Waals surface area contributed by atoms with Crippen LogP contribution in [-0.2, 0) is 16.2 Å². The molecule has 0 aliphatic carbocycles. The van der Waals surface area contributed by atoms with Gasteiger partial charge < -0.3 is 14.8 Å². The standard InChI is InChI=1S/C29H26Cl2N2O5S/c1-17(2)18-8-11-22(12-9-18)32-26(34)15-33-28(35)25(39-29(33)36)13-19-5-4-6-24(37-3)27(19)38-16-20-7-10-21(30)14-23(20)31/h4-14,17H,15-16H2,1-3H3,(H,32,34)/b25-13+. The first-order chi connectivity index (χ1) is 18.7. The van der Waals surface area contributed by atoms with E-state index < -0.39 is 23.6 Å². The van der Waals surface area contributed by atoms with Crippen molar-refractivity contribution in [2.24, 2.45) is 0 Å². The fourth-order valence-electron chi connectivity index (χ4n) is 3.82. The second kappa shape index (κ2) is 12.6. The lowest BCUT2D eigenvalue weighted by molar-refractivity contribution is -0.127. The van der Waals surface area contributed by atoms with Crippen LogP contribution in [-0.4, -0.2) is 35.6 Å². The lowest BCUT2D eigenvalue weighted by Gasteiger charge is -2.15. The predicted octanol–water partition coefficient (Wildman–Crippen LogP) is 7.38. The number of halogens is 2. The Morgan fingerprint density at radius 2 is 1.82 bits per heavy atom. The molecule has 0 unspecified atom stereocenters. The normalized spacial score (nSPS) is 14.3. The van der Waals surface area contributed by atoms with Gasteiger partial charge in [-0.2, -0.15) is 0 Å². The van der Waals surface area contributed by atoms with Crippen molar-refractivity contribution in [1.29, 1.82) is 0 Å². The molecule has 0 spiro atoms. The van der Waals surface area contributed by atoms with Gasteiger partial charge in [-0.3, -0.25) is 19.3 Å². The van der Waals surface area contributed by atoms with Crippen LogP contribution in [0.1, 0.15) is 36.5 Å². The molecule has 1 N–H and O–H groups in total. The van der Waals surface area contributed by atoms with Gasteiger partial charge in [-0.15, -0.1) is 0 Å². The summed E-state index contributed by atoms with van der Waals surface area (Å²) in [6.45, 7) is 3.88. The van der Waals surface area contributed by atoms with Crippen molar-refractivity contribution in [1.82, 2.24) is 4.90 Å². The first-order valence-electron chi connectivity index (χ1n) is 12.0. The molecule has 202 valence electrons. The number of hydrogen-bond donors (Lipinski definition) is 1. The average Bonchev–Trinajstić information content (AvgIpc) is 3.16. The van der Waals surface area contributed by atoms with E-state index in [0.29, 0.717) is 44.3 Å². The molecule has 0 radical (unpaired) electrons. The minimum absolute atomic E-state index is 0.122. The summed E-state index contributed by atoms with van der Waals surface area (Å²) in [5, 5.41) is 3.17. The number of imide groups is 1. The summed E-state index contributed by atoms with van der Waals surface area (Å²) in [6, 6.07) is 17.7. The van der Waals surface area contributed by atoms with Gasteiger partial charge >= 0.3 is 0 Å². The first-order valence-corrected chi connectivity index (χ1v) is 13.6. The predicted molar refractivity (Wildman–Crippen MR) is 156 cm³/mol. The molecule has 0 bridgehead atoms. The molecule has 0 atom stereocenters. The maximum absolute atomic E-state index is 13.1. The second-order valence-electron chi connectivity index (χ2n) is 9.00. The van der Waals surface area contributed by atoms with Crippen LogP contribution in [0.2, 0.25) is 10.0 Å². The Balaban J connectivity index is 1.49. The van der Waals surface area contributed by atoms with Gasteiger partial charge in [-0.1, -0.05) is 67.4 Å². The Hall–Kier alpha value is -3.46. The van der Waals surface area contributed by atoms with E-state index in [1.165, 1.54) is 7.11 Å². The largest absolute Gasteiger partial charge is 0.493 e. The highest BCUT2D eigenvalue weighted by molar-refractivity contribution is 8.18. The molecule has 3 aromatic carbocycles. The van der Waals surface area contributed by atoms with Gasteiger partial charge in [0.25, 0.3) is 11.1 Å². The van der Waals surface area contributed by atoms with Crippen LogP contribution in [0.5, 0.6) is 11.5 Å². The molecule has 10 heteroatoms. The number of anilines is 1. The van der Waals surface area contributed by atoms with Crippen molar-refractivity contribution in [3.05, 3.63) is 92.3 Å². The molecular formula is C29H26Cl2N2O5S. The van der Waals surface area contributed by atoms with Crippen molar-refractivity contribution < 1.29 is 23.9 Å². The van der Waals surface area contributed by atoms with E-state index in [1.54, 1.807) is 54.6 Å². The average molecular weight is 586 g/mol. The Labute approximate surface area is 241 Å². The molecule has 1 fully saturated rings. The summed E-state index contributed by atoms with van der Waals surface area (Å²) in [5.74, 6) is 0.143. The highest BCUT2D eigenvalue weighted by Crippen LogP contribution is 2.38. The molecule has 7 nitrogen and oxygen atoms in total. The number of nitrogens with one attached hydrogen (secondary N) is 1. The molecule has 1 heterocycles. The minimum atomic E-state index is -0.565. The van der Waals surface area contributed by atoms with Gasteiger partial charge in [0.15, 0.2) is 11.5 Å². The molecule has 1 aliphatic heterocycles. The number of carbonyl (C=O) groups is 3. The number of thioether (sulfide) groups is 1. The molecule has 0 saturated carbocycles. The zero-order valence-electron chi connectivity index (χ0n) is 21.5. The van der Waals surface area contributed by atoms with Crippen molar-refractivity contribution in [3.8, 4) is 11.5 Å². The number of nitrogens with zero attached hydrogens (tertiary/aromatic N) is 1. The maximum atomic E-state index is 13.1. The number of carbonyl (C=O) groups excluding carboxylic acids is 3. The SMILES string of the molecule is COc1cccc(/C=C2/SC(=O)N(CC(=O)Nc3ccc(C(C)C)cc3)C2=O)c1OCc1ccc(Cl)cc1Cl. The van der Waals surface area contributed by atoms with Gasteiger partial charge in [0.05, 0.1) is 12.0 Å². The van der Waals surface area contributed by atoms with Gasteiger partial charge in [0.2, 0.25) is 5.91 Å². The van der Waals surface area contributed by atoms with E-state index in [9.17, 15) is 14.4 Å². The number of hydrogen-bond acceptors (Lipinski definition) is 6. The molecule has 1 aliphatic rings. The highest BCUT2D eigenvalue weighted by atomic mass is 35.5. The van der Waals surface area contributed by atoms with Crippen LogP contribution in [0.25, 0.3) is 6.08 Å². The number of amides is 3. The van der Waals surface area contributed by atoms with E-state index in [1.807, 2.05) is 12.1 Å². The van der Waals surface area contributed by atoms with Gasteiger partial charge in [-0.25, -0.2) is 0 Å². The van der Waals surface area contributed by atoms with Crippen LogP contribution >= 0.6 is 35.0 Å². The summed E-state index contributed by atoms with van der Waals surface area (Å²) < 4.78 is 11.5. The van der Waals surface area contributed by atoms with Crippen LogP contribution in [0.15, 0.2) is 65.6 Å². The Bertz CT molecular complexity index is 1440. The van der Waals surface area contributed by atoms with Crippen LogP contribution in [0.3, 0.4) is 0 Å². The van der Waals surface area contributed by atoms with Crippen molar-refractivity contribution in [3.63, 3.8) is 0 Å². The molecule has 3 amide bonds. The molecule has 39 heavy (non-hydrogen) atoms. The third kappa shape index (κ3) is 6.95. The topological polar surface area (TPSA) is 84.9 Å². The van der Waals surface area contributed by atoms with Crippen LogP contribution < -0.4 is 14.8 Å². The minimum Gasteiger partial charge on any atom is -0.493 e. The summed E-state index contributed by atoms with van der Waals surface area (Å²) in [7, 11) is 1.50. The Morgan fingerprint density at radius 1 is 1.08 bits per heavy atom. The van der Waals surface area contributed by atoms with Crippen LogP contribution in [0.4, 0.5) is 10.5 Å². The number of benzene rings is 3. The fraction of sp³-hybridized carbons (Fsp3) is 0.207. The molecule has 0 aromatic heterocycles. The lowest BCUT2D eigenvalue weighted by Crippen LogP contribution is -2.36. The van der Waals surface area contributed by atoms with Crippen molar-refractivity contribution in [2.45, 2.75) is 26.4 Å².